The van der Waals surface area contributed by atoms with Crippen LogP contribution in [0.4, 0.5) is 4.39 Å². The Balaban J connectivity index is 1.63. The Hall–Kier alpha value is -1.78. The molecule has 0 saturated carbocycles. The second kappa shape index (κ2) is 5.92. The van der Waals surface area contributed by atoms with Crippen molar-refractivity contribution < 1.29 is 9.50 Å². The van der Waals surface area contributed by atoms with E-state index in [-0.39, 0.29) is 5.82 Å². The van der Waals surface area contributed by atoms with Crippen LogP contribution in [-0.4, -0.2) is 28.1 Å². The highest BCUT2D eigenvalue weighted by molar-refractivity contribution is 5.20. The predicted molar refractivity (Wildman–Crippen MR) is 79.0 cm³/mol. The van der Waals surface area contributed by atoms with Crippen molar-refractivity contribution in [1.82, 2.24) is 9.88 Å². The third-order valence-corrected chi connectivity index (χ3v) is 4.18. The zero-order chi connectivity index (χ0) is 14.7. The molecule has 0 atom stereocenters. The predicted octanol–water partition coefficient (Wildman–Crippen LogP) is 2.70. The van der Waals surface area contributed by atoms with Gasteiger partial charge in [0.1, 0.15) is 5.82 Å². The highest BCUT2D eigenvalue weighted by atomic mass is 19.1. The Morgan fingerprint density at radius 2 is 2.00 bits per heavy atom. The molecule has 0 unspecified atom stereocenters. The maximum atomic E-state index is 13.2. The van der Waals surface area contributed by atoms with Crippen LogP contribution in [0.2, 0.25) is 0 Å². The van der Waals surface area contributed by atoms with Gasteiger partial charge in [0.05, 0.1) is 5.60 Å². The van der Waals surface area contributed by atoms with Crippen LogP contribution in [0.15, 0.2) is 48.8 Å². The number of rotatable bonds is 3. The highest BCUT2D eigenvalue weighted by Gasteiger charge is 2.33. The molecule has 110 valence electrons. The first-order valence-electron chi connectivity index (χ1n) is 7.25. The number of nitrogens with zero attached hydrogens (tertiary/aromatic N) is 2. The number of hydrogen-bond acceptors (Lipinski definition) is 3. The minimum atomic E-state index is -0.785. The van der Waals surface area contributed by atoms with Crippen molar-refractivity contribution >= 4 is 0 Å². The molecular weight excluding hydrogens is 267 g/mol. The summed E-state index contributed by atoms with van der Waals surface area (Å²) in [5, 5.41) is 10.7. The molecule has 0 aliphatic carbocycles. The number of pyridine rings is 1. The van der Waals surface area contributed by atoms with Crippen molar-refractivity contribution in [3.63, 3.8) is 0 Å². The lowest BCUT2D eigenvalue weighted by molar-refractivity contribution is -0.0280. The SMILES string of the molecule is OC1(c2cccnc2)CCN(Cc2cccc(F)c2)CC1. The summed E-state index contributed by atoms with van der Waals surface area (Å²) in [4.78, 5) is 6.34. The van der Waals surface area contributed by atoms with Gasteiger partial charge in [0.2, 0.25) is 0 Å². The van der Waals surface area contributed by atoms with Gasteiger partial charge in [-0.3, -0.25) is 9.88 Å². The molecule has 1 aliphatic heterocycles. The lowest BCUT2D eigenvalue weighted by Gasteiger charge is -2.38. The van der Waals surface area contributed by atoms with Crippen LogP contribution in [0.3, 0.4) is 0 Å². The molecule has 1 fully saturated rings. The first kappa shape index (κ1) is 14.2. The van der Waals surface area contributed by atoms with Crippen LogP contribution >= 0.6 is 0 Å². The third-order valence-electron chi connectivity index (χ3n) is 4.18. The number of likely N-dealkylation sites (tertiary alicyclic amines) is 1. The zero-order valence-corrected chi connectivity index (χ0v) is 11.9. The number of piperidine rings is 1. The molecule has 2 heterocycles. The summed E-state index contributed by atoms with van der Waals surface area (Å²) in [6, 6.07) is 10.5. The number of aliphatic hydroxyl groups is 1. The number of aromatic nitrogens is 1. The summed E-state index contributed by atoms with van der Waals surface area (Å²) in [7, 11) is 0. The number of halogens is 1. The van der Waals surface area contributed by atoms with Crippen molar-refractivity contribution in [1.29, 1.82) is 0 Å². The Labute approximate surface area is 124 Å². The topological polar surface area (TPSA) is 36.4 Å². The van der Waals surface area contributed by atoms with Gasteiger partial charge >= 0.3 is 0 Å². The number of benzene rings is 1. The molecule has 0 amide bonds. The molecule has 1 aromatic carbocycles. The fourth-order valence-electron chi connectivity index (χ4n) is 2.90. The summed E-state index contributed by atoms with van der Waals surface area (Å²) < 4.78 is 13.2. The van der Waals surface area contributed by atoms with Crippen molar-refractivity contribution in [2.24, 2.45) is 0 Å². The van der Waals surface area contributed by atoms with Gasteiger partial charge in [-0.1, -0.05) is 18.2 Å². The Morgan fingerprint density at radius 1 is 1.19 bits per heavy atom. The molecule has 0 spiro atoms. The van der Waals surface area contributed by atoms with E-state index in [2.05, 4.69) is 9.88 Å². The molecule has 0 radical (unpaired) electrons. The van der Waals surface area contributed by atoms with E-state index in [0.717, 1.165) is 30.8 Å². The zero-order valence-electron chi connectivity index (χ0n) is 11.9. The van der Waals surface area contributed by atoms with Gasteiger partial charge in [0.15, 0.2) is 0 Å². The summed E-state index contributed by atoms with van der Waals surface area (Å²) >= 11 is 0. The van der Waals surface area contributed by atoms with Gasteiger partial charge in [0, 0.05) is 37.6 Å². The van der Waals surface area contributed by atoms with E-state index in [4.69, 9.17) is 0 Å². The second-order valence-corrected chi connectivity index (χ2v) is 5.68. The normalized spacial score (nSPS) is 18.6. The lowest BCUT2D eigenvalue weighted by Crippen LogP contribution is -2.42. The first-order chi connectivity index (χ1) is 10.2. The maximum absolute atomic E-state index is 13.2. The summed E-state index contributed by atoms with van der Waals surface area (Å²) in [6.45, 7) is 2.31. The monoisotopic (exact) mass is 286 g/mol. The molecule has 2 aromatic rings. The Morgan fingerprint density at radius 3 is 2.67 bits per heavy atom. The van der Waals surface area contributed by atoms with Gasteiger partial charge in [-0.05, 0) is 36.6 Å². The standard InChI is InChI=1S/C17H19FN2O/c18-16-5-1-3-14(11-16)13-20-9-6-17(21,7-10-20)15-4-2-8-19-12-15/h1-5,8,11-12,21H,6-7,9-10,13H2. The molecule has 3 rings (SSSR count). The summed E-state index contributed by atoms with van der Waals surface area (Å²) in [5.41, 5.74) is 1.07. The molecule has 1 aliphatic rings. The minimum absolute atomic E-state index is 0.198. The van der Waals surface area contributed by atoms with Crippen LogP contribution in [0.1, 0.15) is 24.0 Å². The lowest BCUT2D eigenvalue weighted by atomic mass is 9.85. The van der Waals surface area contributed by atoms with Crippen molar-refractivity contribution in [2.75, 3.05) is 13.1 Å². The highest BCUT2D eigenvalue weighted by Crippen LogP contribution is 2.32. The van der Waals surface area contributed by atoms with Crippen LogP contribution in [0.25, 0.3) is 0 Å². The van der Waals surface area contributed by atoms with E-state index in [1.807, 2.05) is 18.2 Å². The molecule has 1 saturated heterocycles. The molecule has 1 N–H and O–H groups in total. The van der Waals surface area contributed by atoms with E-state index in [1.165, 1.54) is 6.07 Å². The van der Waals surface area contributed by atoms with Crippen LogP contribution in [0.5, 0.6) is 0 Å². The van der Waals surface area contributed by atoms with Crippen molar-refractivity contribution in [3.05, 3.63) is 65.7 Å². The van der Waals surface area contributed by atoms with Gasteiger partial charge in [0.25, 0.3) is 0 Å². The van der Waals surface area contributed by atoms with Crippen LogP contribution in [0, 0.1) is 5.82 Å². The molecule has 1 aromatic heterocycles. The van der Waals surface area contributed by atoms with Crippen molar-refractivity contribution in [3.8, 4) is 0 Å². The van der Waals surface area contributed by atoms with Gasteiger partial charge in [-0.25, -0.2) is 4.39 Å². The molecular formula is C17H19FN2O. The molecule has 4 heteroatoms. The van der Waals surface area contributed by atoms with E-state index < -0.39 is 5.60 Å². The average molecular weight is 286 g/mol. The third kappa shape index (κ3) is 3.28. The van der Waals surface area contributed by atoms with E-state index >= 15 is 0 Å². The van der Waals surface area contributed by atoms with Gasteiger partial charge in [-0.15, -0.1) is 0 Å². The first-order valence-corrected chi connectivity index (χ1v) is 7.25. The molecule has 3 nitrogen and oxygen atoms in total. The second-order valence-electron chi connectivity index (χ2n) is 5.68. The molecule has 0 bridgehead atoms. The molecule has 21 heavy (non-hydrogen) atoms. The number of hydrogen-bond donors (Lipinski definition) is 1. The van der Waals surface area contributed by atoms with E-state index in [1.54, 1.807) is 24.5 Å². The van der Waals surface area contributed by atoms with Gasteiger partial charge in [-0.2, -0.15) is 0 Å². The average Bonchev–Trinajstić information content (AvgIpc) is 2.51. The van der Waals surface area contributed by atoms with Crippen LogP contribution in [-0.2, 0) is 12.1 Å². The van der Waals surface area contributed by atoms with Crippen molar-refractivity contribution in [2.45, 2.75) is 25.0 Å². The largest absolute Gasteiger partial charge is 0.385 e. The van der Waals surface area contributed by atoms with Gasteiger partial charge < -0.3 is 5.11 Å². The Kier molecular flexibility index (Phi) is 3.99. The quantitative estimate of drug-likeness (QED) is 0.942. The van der Waals surface area contributed by atoms with Crippen LogP contribution < -0.4 is 0 Å². The minimum Gasteiger partial charge on any atom is -0.385 e. The maximum Gasteiger partial charge on any atom is 0.123 e. The van der Waals surface area contributed by atoms with E-state index in [9.17, 15) is 9.50 Å². The Bertz CT molecular complexity index is 595. The summed E-state index contributed by atoms with van der Waals surface area (Å²) in [6.07, 6.45) is 4.80. The van der Waals surface area contributed by atoms with E-state index in [0.29, 0.717) is 12.8 Å². The fourth-order valence-corrected chi connectivity index (χ4v) is 2.90. The summed E-state index contributed by atoms with van der Waals surface area (Å²) in [5.74, 6) is -0.198. The smallest absolute Gasteiger partial charge is 0.123 e. The fraction of sp³-hybridized carbons (Fsp3) is 0.353.